The van der Waals surface area contributed by atoms with E-state index in [9.17, 15) is 9.18 Å². The zero-order valence-electron chi connectivity index (χ0n) is 12.4. The van der Waals surface area contributed by atoms with Crippen molar-refractivity contribution in [2.24, 2.45) is 5.92 Å². The third-order valence-corrected chi connectivity index (χ3v) is 4.63. The molecule has 1 aromatic carbocycles. The lowest BCUT2D eigenvalue weighted by Gasteiger charge is -2.11. The molecule has 1 heterocycles. The third kappa shape index (κ3) is 4.03. The number of aromatic nitrogens is 1. The molecule has 1 amide bonds. The van der Waals surface area contributed by atoms with Crippen LogP contribution in [0, 0.1) is 11.7 Å². The van der Waals surface area contributed by atoms with E-state index in [1.54, 1.807) is 17.5 Å². The van der Waals surface area contributed by atoms with Crippen molar-refractivity contribution in [1.29, 1.82) is 0 Å². The molecule has 6 heteroatoms. The lowest BCUT2D eigenvalue weighted by Crippen LogP contribution is -2.33. The van der Waals surface area contributed by atoms with Gasteiger partial charge in [0, 0.05) is 30.4 Å². The van der Waals surface area contributed by atoms with E-state index < -0.39 is 0 Å². The second-order valence-electron chi connectivity index (χ2n) is 5.57. The average Bonchev–Trinajstić information content (AvgIpc) is 3.19. The summed E-state index contributed by atoms with van der Waals surface area (Å²) in [5, 5.41) is 14.5. The molecule has 0 radical (unpaired) electrons. The Balaban J connectivity index is 1.59. The van der Waals surface area contributed by atoms with Gasteiger partial charge in [0.25, 0.3) is 5.91 Å². The largest absolute Gasteiger partial charge is 0.396 e. The van der Waals surface area contributed by atoms with E-state index in [-0.39, 0.29) is 30.3 Å². The summed E-state index contributed by atoms with van der Waals surface area (Å²) in [6, 6.07) is 6.21. The van der Waals surface area contributed by atoms with Gasteiger partial charge in [-0.15, -0.1) is 11.3 Å². The van der Waals surface area contributed by atoms with Crippen LogP contribution in [0.25, 0.3) is 0 Å². The highest BCUT2D eigenvalue weighted by Crippen LogP contribution is 2.19. The number of benzene rings is 1. The van der Waals surface area contributed by atoms with Crippen molar-refractivity contribution in [1.82, 2.24) is 10.3 Å². The SMILES string of the molecule is O=C(N[C@@H]1C=C[C@H](CO)C1)c1csc(Cc2ccc(F)cc2)n1. The van der Waals surface area contributed by atoms with Gasteiger partial charge in [0.15, 0.2) is 0 Å². The number of aliphatic hydroxyl groups is 1. The molecule has 1 aromatic heterocycles. The minimum Gasteiger partial charge on any atom is -0.396 e. The molecule has 2 atom stereocenters. The van der Waals surface area contributed by atoms with Crippen molar-refractivity contribution in [2.45, 2.75) is 18.9 Å². The summed E-state index contributed by atoms with van der Waals surface area (Å²) >= 11 is 1.42. The standard InChI is InChI=1S/C17H17FN2O2S/c18-13-4-1-11(2-5-13)8-16-20-15(10-23-16)17(22)19-14-6-3-12(7-14)9-21/h1-6,10,12,14,21H,7-9H2,(H,19,22)/t12-,14+/m0/s1. The molecule has 1 aliphatic rings. The maximum atomic E-state index is 12.9. The lowest BCUT2D eigenvalue weighted by atomic mass is 10.1. The number of hydrogen-bond acceptors (Lipinski definition) is 4. The second-order valence-corrected chi connectivity index (χ2v) is 6.52. The van der Waals surface area contributed by atoms with Gasteiger partial charge in [-0.25, -0.2) is 9.37 Å². The number of nitrogens with one attached hydrogen (secondary N) is 1. The first-order valence-corrected chi connectivity index (χ1v) is 8.31. The summed E-state index contributed by atoms with van der Waals surface area (Å²) in [5.74, 6) is -0.358. The molecule has 0 saturated carbocycles. The topological polar surface area (TPSA) is 62.2 Å². The summed E-state index contributed by atoms with van der Waals surface area (Å²) in [5.41, 5.74) is 1.35. The zero-order valence-corrected chi connectivity index (χ0v) is 13.2. The number of nitrogens with zero attached hydrogens (tertiary/aromatic N) is 1. The number of carbonyl (C=O) groups is 1. The van der Waals surface area contributed by atoms with Crippen LogP contribution in [-0.2, 0) is 6.42 Å². The summed E-state index contributed by atoms with van der Waals surface area (Å²) < 4.78 is 12.9. The van der Waals surface area contributed by atoms with Crippen molar-refractivity contribution in [3.63, 3.8) is 0 Å². The highest BCUT2D eigenvalue weighted by atomic mass is 32.1. The maximum absolute atomic E-state index is 12.9. The Kier molecular flexibility index (Phi) is 4.83. The van der Waals surface area contributed by atoms with Crippen molar-refractivity contribution in [3.8, 4) is 0 Å². The van der Waals surface area contributed by atoms with E-state index in [4.69, 9.17) is 5.11 Å². The van der Waals surface area contributed by atoms with E-state index in [1.165, 1.54) is 23.5 Å². The smallest absolute Gasteiger partial charge is 0.271 e. The number of carbonyl (C=O) groups excluding carboxylic acids is 1. The molecule has 0 unspecified atom stereocenters. The first-order valence-electron chi connectivity index (χ1n) is 7.43. The van der Waals surface area contributed by atoms with Crippen molar-refractivity contribution < 1.29 is 14.3 Å². The van der Waals surface area contributed by atoms with Gasteiger partial charge in [0.05, 0.1) is 5.01 Å². The van der Waals surface area contributed by atoms with E-state index in [0.29, 0.717) is 12.1 Å². The molecule has 0 bridgehead atoms. The van der Waals surface area contributed by atoms with Crippen molar-refractivity contribution in [3.05, 3.63) is 63.9 Å². The Morgan fingerprint density at radius 1 is 1.35 bits per heavy atom. The Morgan fingerprint density at radius 2 is 2.13 bits per heavy atom. The molecular weight excluding hydrogens is 315 g/mol. The van der Waals surface area contributed by atoms with E-state index in [1.807, 2.05) is 12.2 Å². The van der Waals surface area contributed by atoms with Crippen LogP contribution in [0.15, 0.2) is 41.8 Å². The molecule has 0 saturated heterocycles. The van der Waals surface area contributed by atoms with Crippen LogP contribution in [0.4, 0.5) is 4.39 Å². The highest BCUT2D eigenvalue weighted by Gasteiger charge is 2.21. The molecule has 3 rings (SSSR count). The van der Waals surface area contributed by atoms with Crippen LogP contribution in [0.3, 0.4) is 0 Å². The highest BCUT2D eigenvalue weighted by molar-refractivity contribution is 7.09. The normalized spacial score (nSPS) is 19.9. The van der Waals surface area contributed by atoms with Gasteiger partial charge in [0.2, 0.25) is 0 Å². The Bertz CT molecular complexity index is 712. The van der Waals surface area contributed by atoms with Gasteiger partial charge in [-0.3, -0.25) is 4.79 Å². The molecule has 2 aromatic rings. The number of thiazole rings is 1. The lowest BCUT2D eigenvalue weighted by molar-refractivity contribution is 0.0936. The fourth-order valence-electron chi connectivity index (χ4n) is 2.53. The molecule has 2 N–H and O–H groups in total. The predicted octanol–water partition coefficient (Wildman–Crippen LogP) is 2.54. The molecule has 23 heavy (non-hydrogen) atoms. The van der Waals surface area contributed by atoms with Gasteiger partial charge in [-0.1, -0.05) is 24.3 Å². The fraction of sp³-hybridized carbons (Fsp3) is 0.294. The summed E-state index contributed by atoms with van der Waals surface area (Å²) in [6.45, 7) is 0.0986. The van der Waals surface area contributed by atoms with Gasteiger partial charge in [0.1, 0.15) is 11.5 Å². The van der Waals surface area contributed by atoms with Crippen LogP contribution in [0.5, 0.6) is 0 Å². The molecule has 0 fully saturated rings. The number of halogens is 1. The first kappa shape index (κ1) is 15.8. The fourth-order valence-corrected chi connectivity index (χ4v) is 3.34. The zero-order chi connectivity index (χ0) is 16.2. The second kappa shape index (κ2) is 7.02. The average molecular weight is 332 g/mol. The molecule has 120 valence electrons. The number of aliphatic hydroxyl groups excluding tert-OH is 1. The summed E-state index contributed by atoms with van der Waals surface area (Å²) in [6.07, 6.45) is 5.12. The van der Waals surface area contributed by atoms with Crippen LogP contribution in [0.1, 0.15) is 27.5 Å². The van der Waals surface area contributed by atoms with E-state index in [0.717, 1.165) is 17.0 Å². The molecule has 1 aliphatic carbocycles. The Morgan fingerprint density at radius 3 is 2.83 bits per heavy atom. The first-order chi connectivity index (χ1) is 11.1. The minimum atomic E-state index is -0.265. The maximum Gasteiger partial charge on any atom is 0.271 e. The van der Waals surface area contributed by atoms with Crippen LogP contribution < -0.4 is 5.32 Å². The summed E-state index contributed by atoms with van der Waals surface area (Å²) in [7, 11) is 0. The quantitative estimate of drug-likeness (QED) is 0.827. The predicted molar refractivity (Wildman–Crippen MR) is 86.9 cm³/mol. The van der Waals surface area contributed by atoms with Gasteiger partial charge >= 0.3 is 0 Å². The van der Waals surface area contributed by atoms with Crippen LogP contribution >= 0.6 is 11.3 Å². The van der Waals surface area contributed by atoms with Crippen molar-refractivity contribution in [2.75, 3.05) is 6.61 Å². The number of hydrogen-bond donors (Lipinski definition) is 2. The Labute approximate surface area is 137 Å². The van der Waals surface area contributed by atoms with Gasteiger partial charge in [-0.2, -0.15) is 0 Å². The van der Waals surface area contributed by atoms with Crippen LogP contribution in [-0.4, -0.2) is 28.6 Å². The van der Waals surface area contributed by atoms with Gasteiger partial charge in [-0.05, 0) is 24.1 Å². The molecule has 4 nitrogen and oxygen atoms in total. The number of rotatable bonds is 5. The molecule has 0 spiro atoms. The van der Waals surface area contributed by atoms with Crippen LogP contribution in [0.2, 0.25) is 0 Å². The van der Waals surface area contributed by atoms with E-state index >= 15 is 0 Å². The summed E-state index contributed by atoms with van der Waals surface area (Å²) in [4.78, 5) is 16.5. The molecular formula is C17H17FN2O2S. The molecule has 0 aliphatic heterocycles. The van der Waals surface area contributed by atoms with Crippen molar-refractivity contribution >= 4 is 17.2 Å². The third-order valence-electron chi connectivity index (χ3n) is 3.78. The van der Waals surface area contributed by atoms with Gasteiger partial charge < -0.3 is 10.4 Å². The number of amides is 1. The van der Waals surface area contributed by atoms with E-state index in [2.05, 4.69) is 10.3 Å². The monoisotopic (exact) mass is 332 g/mol. The Hall–Kier alpha value is -2.05. The minimum absolute atomic E-state index is 0.0538.